The van der Waals surface area contributed by atoms with Gasteiger partial charge in [-0.2, -0.15) is 0 Å². The lowest BCUT2D eigenvalue weighted by Crippen LogP contribution is -2.22. The molecule has 0 amide bonds. The van der Waals surface area contributed by atoms with Gasteiger partial charge in [0, 0.05) is 13.5 Å². The fraction of sp³-hybridized carbons (Fsp3) is 0.333. The van der Waals surface area contributed by atoms with Gasteiger partial charge in [-0.1, -0.05) is 12.1 Å². The molecule has 0 saturated heterocycles. The Kier molecular flexibility index (Phi) is 3.01. The molecule has 16 heavy (non-hydrogen) atoms. The van der Waals surface area contributed by atoms with Gasteiger partial charge in [-0.15, -0.1) is 0 Å². The van der Waals surface area contributed by atoms with Crippen LogP contribution in [0.1, 0.15) is 12.2 Å². The Morgan fingerprint density at radius 3 is 2.88 bits per heavy atom. The Hall–Kier alpha value is -1.68. The van der Waals surface area contributed by atoms with Crippen LogP contribution in [0, 0.1) is 0 Å². The van der Waals surface area contributed by atoms with Crippen molar-refractivity contribution in [3.8, 4) is 0 Å². The highest BCUT2D eigenvalue weighted by Gasteiger charge is 2.06. The second-order valence-corrected chi connectivity index (χ2v) is 3.80. The maximum Gasteiger partial charge on any atom is 0.261 e. The molecule has 0 radical (unpaired) electrons. The smallest absolute Gasteiger partial charge is 0.261 e. The lowest BCUT2D eigenvalue weighted by Gasteiger charge is -2.08. The van der Waals surface area contributed by atoms with Crippen LogP contribution in [0.15, 0.2) is 29.1 Å². The summed E-state index contributed by atoms with van der Waals surface area (Å²) in [6, 6.07) is 7.41. The maximum absolute atomic E-state index is 12.0. The molecule has 2 rings (SSSR count). The van der Waals surface area contributed by atoms with E-state index in [1.54, 1.807) is 17.7 Å². The Labute approximate surface area is 93.7 Å². The molecule has 2 N–H and O–H groups in total. The van der Waals surface area contributed by atoms with Crippen molar-refractivity contribution in [2.45, 2.75) is 12.8 Å². The molecule has 0 saturated carbocycles. The van der Waals surface area contributed by atoms with Gasteiger partial charge >= 0.3 is 0 Å². The molecule has 1 heterocycles. The molecule has 0 unspecified atom stereocenters. The van der Waals surface area contributed by atoms with Crippen molar-refractivity contribution in [3.63, 3.8) is 0 Å². The Bertz CT molecular complexity index is 560. The predicted octanol–water partition coefficient (Wildman–Crippen LogP) is 0.825. The van der Waals surface area contributed by atoms with Crippen molar-refractivity contribution in [2.75, 3.05) is 6.54 Å². The molecule has 1 aromatic carbocycles. The first kappa shape index (κ1) is 10.8. The van der Waals surface area contributed by atoms with E-state index < -0.39 is 0 Å². The van der Waals surface area contributed by atoms with E-state index in [1.807, 2.05) is 18.2 Å². The van der Waals surface area contributed by atoms with Crippen LogP contribution in [0.3, 0.4) is 0 Å². The van der Waals surface area contributed by atoms with Gasteiger partial charge in [-0.05, 0) is 25.1 Å². The maximum atomic E-state index is 12.0. The number of hydrogen-bond acceptors (Lipinski definition) is 3. The van der Waals surface area contributed by atoms with E-state index in [9.17, 15) is 4.79 Å². The first-order chi connectivity index (χ1) is 7.74. The summed E-state index contributed by atoms with van der Waals surface area (Å²) >= 11 is 0. The van der Waals surface area contributed by atoms with Gasteiger partial charge in [0.05, 0.1) is 10.9 Å². The van der Waals surface area contributed by atoms with Crippen molar-refractivity contribution < 1.29 is 0 Å². The van der Waals surface area contributed by atoms with E-state index >= 15 is 0 Å². The van der Waals surface area contributed by atoms with Gasteiger partial charge in [0.2, 0.25) is 0 Å². The fourth-order valence-corrected chi connectivity index (χ4v) is 1.75. The Balaban J connectivity index is 2.60. The second kappa shape index (κ2) is 4.45. The number of aryl methyl sites for hydroxylation is 1. The van der Waals surface area contributed by atoms with Crippen LogP contribution in [-0.2, 0) is 13.5 Å². The highest BCUT2D eigenvalue weighted by Crippen LogP contribution is 2.07. The van der Waals surface area contributed by atoms with Gasteiger partial charge in [-0.3, -0.25) is 9.36 Å². The summed E-state index contributed by atoms with van der Waals surface area (Å²) in [5, 5.41) is 0.668. The zero-order valence-corrected chi connectivity index (χ0v) is 9.31. The molecule has 84 valence electrons. The normalized spacial score (nSPS) is 10.9. The molecular formula is C12H15N3O. The number of hydrogen-bond donors (Lipinski definition) is 1. The van der Waals surface area contributed by atoms with Gasteiger partial charge in [-0.25, -0.2) is 4.98 Å². The average molecular weight is 217 g/mol. The van der Waals surface area contributed by atoms with Crippen molar-refractivity contribution in [3.05, 3.63) is 40.4 Å². The van der Waals surface area contributed by atoms with Crippen LogP contribution in [-0.4, -0.2) is 16.1 Å². The Morgan fingerprint density at radius 2 is 2.12 bits per heavy atom. The first-order valence-corrected chi connectivity index (χ1v) is 5.38. The minimum Gasteiger partial charge on any atom is -0.330 e. The van der Waals surface area contributed by atoms with Crippen LogP contribution >= 0.6 is 0 Å². The zero-order valence-electron chi connectivity index (χ0n) is 9.31. The first-order valence-electron chi connectivity index (χ1n) is 5.38. The van der Waals surface area contributed by atoms with Crippen molar-refractivity contribution in [1.82, 2.24) is 9.55 Å². The van der Waals surface area contributed by atoms with Crippen molar-refractivity contribution in [2.24, 2.45) is 12.8 Å². The van der Waals surface area contributed by atoms with Gasteiger partial charge < -0.3 is 5.73 Å². The number of aromatic nitrogens is 2. The molecule has 0 bridgehead atoms. The summed E-state index contributed by atoms with van der Waals surface area (Å²) in [6.07, 6.45) is 1.59. The number of para-hydroxylation sites is 1. The van der Waals surface area contributed by atoms with E-state index in [-0.39, 0.29) is 5.56 Å². The highest BCUT2D eigenvalue weighted by molar-refractivity contribution is 5.77. The quantitative estimate of drug-likeness (QED) is 0.828. The molecule has 2 aromatic rings. The van der Waals surface area contributed by atoms with Crippen LogP contribution in [0.5, 0.6) is 0 Å². The van der Waals surface area contributed by atoms with Crippen LogP contribution in [0.2, 0.25) is 0 Å². The third-order valence-electron chi connectivity index (χ3n) is 2.68. The van der Waals surface area contributed by atoms with Gasteiger partial charge in [0.1, 0.15) is 5.82 Å². The molecule has 4 nitrogen and oxygen atoms in total. The second-order valence-electron chi connectivity index (χ2n) is 3.80. The molecule has 0 spiro atoms. The number of rotatable bonds is 3. The predicted molar refractivity (Wildman–Crippen MR) is 64.4 cm³/mol. The van der Waals surface area contributed by atoms with E-state index in [0.29, 0.717) is 11.9 Å². The SMILES string of the molecule is Cn1c(CCCN)nc2ccccc2c1=O. The Morgan fingerprint density at radius 1 is 1.38 bits per heavy atom. The van der Waals surface area contributed by atoms with Crippen LogP contribution in [0.4, 0.5) is 0 Å². The summed E-state index contributed by atoms with van der Waals surface area (Å²) in [4.78, 5) is 16.5. The van der Waals surface area contributed by atoms with E-state index in [2.05, 4.69) is 4.98 Å². The molecule has 0 aliphatic rings. The van der Waals surface area contributed by atoms with E-state index in [0.717, 1.165) is 24.2 Å². The molecule has 0 aliphatic heterocycles. The minimum absolute atomic E-state index is 0.0117. The molecule has 0 aliphatic carbocycles. The lowest BCUT2D eigenvalue weighted by molar-refractivity contribution is 0.698. The minimum atomic E-state index is 0.0117. The fourth-order valence-electron chi connectivity index (χ4n) is 1.75. The molecule has 0 atom stereocenters. The summed E-state index contributed by atoms with van der Waals surface area (Å²) in [6.45, 7) is 0.614. The molecular weight excluding hydrogens is 202 g/mol. The summed E-state index contributed by atoms with van der Waals surface area (Å²) in [5.41, 5.74) is 6.24. The van der Waals surface area contributed by atoms with Crippen molar-refractivity contribution in [1.29, 1.82) is 0 Å². The summed E-state index contributed by atoms with van der Waals surface area (Å²) < 4.78 is 1.61. The summed E-state index contributed by atoms with van der Waals surface area (Å²) in [7, 11) is 1.76. The highest BCUT2D eigenvalue weighted by atomic mass is 16.1. The van der Waals surface area contributed by atoms with E-state index in [4.69, 9.17) is 5.73 Å². The van der Waals surface area contributed by atoms with Crippen LogP contribution < -0.4 is 11.3 Å². The van der Waals surface area contributed by atoms with E-state index in [1.165, 1.54) is 0 Å². The molecule has 4 heteroatoms. The van der Waals surface area contributed by atoms with Gasteiger partial charge in [0.15, 0.2) is 0 Å². The third kappa shape index (κ3) is 1.84. The average Bonchev–Trinajstić information content (AvgIpc) is 2.32. The number of nitrogens with zero attached hydrogens (tertiary/aromatic N) is 2. The largest absolute Gasteiger partial charge is 0.330 e. The van der Waals surface area contributed by atoms with Gasteiger partial charge in [0.25, 0.3) is 5.56 Å². The number of fused-ring (bicyclic) bond motifs is 1. The molecule has 1 aromatic heterocycles. The van der Waals surface area contributed by atoms with Crippen LogP contribution in [0.25, 0.3) is 10.9 Å². The molecule has 0 fully saturated rings. The third-order valence-corrected chi connectivity index (χ3v) is 2.68. The standard InChI is InChI=1S/C12H15N3O/c1-15-11(7-4-8-13)14-10-6-3-2-5-9(10)12(15)16/h2-3,5-6H,4,7-8,13H2,1H3. The zero-order chi connectivity index (χ0) is 11.5. The lowest BCUT2D eigenvalue weighted by atomic mass is 10.2. The topological polar surface area (TPSA) is 60.9 Å². The summed E-state index contributed by atoms with van der Waals surface area (Å²) in [5.74, 6) is 0.800. The monoisotopic (exact) mass is 217 g/mol. The number of nitrogens with two attached hydrogens (primary N) is 1. The number of benzene rings is 1. The van der Waals surface area contributed by atoms with Crippen molar-refractivity contribution >= 4 is 10.9 Å².